The van der Waals surface area contributed by atoms with Crippen molar-refractivity contribution in [3.05, 3.63) is 93.7 Å². The van der Waals surface area contributed by atoms with Gasteiger partial charge in [0, 0.05) is 5.56 Å². The largest absolute Gasteiger partial charge is 0.269 e. The number of aryl methyl sites for hydroxylation is 3. The van der Waals surface area contributed by atoms with Gasteiger partial charge in [0.15, 0.2) is 0 Å². The Hall–Kier alpha value is -2.68. The molecule has 23 heavy (non-hydrogen) atoms. The lowest BCUT2D eigenvalue weighted by molar-refractivity contribution is 0.794. The van der Waals surface area contributed by atoms with Crippen LogP contribution in [0.2, 0.25) is 0 Å². The van der Waals surface area contributed by atoms with Gasteiger partial charge in [0.1, 0.15) is 5.82 Å². The number of aromatic nitrogens is 2. The highest BCUT2D eigenvalue weighted by atomic mass is 16.1. The van der Waals surface area contributed by atoms with Gasteiger partial charge in [-0.1, -0.05) is 48.5 Å². The van der Waals surface area contributed by atoms with Gasteiger partial charge in [-0.15, -0.1) is 0 Å². The lowest BCUT2D eigenvalue weighted by Crippen LogP contribution is -2.26. The normalized spacial score (nSPS) is 10.7. The average molecular weight is 304 g/mol. The first kappa shape index (κ1) is 15.2. The van der Waals surface area contributed by atoms with Crippen LogP contribution in [0.25, 0.3) is 5.69 Å². The minimum absolute atomic E-state index is 0.0201. The summed E-state index contributed by atoms with van der Waals surface area (Å²) < 4.78 is 1.68. The molecule has 1 aromatic heterocycles. The van der Waals surface area contributed by atoms with Crippen molar-refractivity contribution in [2.24, 2.45) is 0 Å². The quantitative estimate of drug-likeness (QED) is 0.737. The standard InChI is InChI=1S/C20H20N2O/c1-15-19(14-13-17-9-5-3-6-10-17)21-16(2)22(20(15)23)18-11-7-4-8-12-18/h3-12H,13-14H2,1-2H3. The molecule has 2 aromatic carbocycles. The molecule has 0 fully saturated rings. The van der Waals surface area contributed by atoms with Gasteiger partial charge in [0.05, 0.1) is 11.4 Å². The Kier molecular flexibility index (Phi) is 4.38. The van der Waals surface area contributed by atoms with Crippen molar-refractivity contribution < 1.29 is 0 Å². The van der Waals surface area contributed by atoms with Crippen LogP contribution in [0.5, 0.6) is 0 Å². The van der Waals surface area contributed by atoms with Crippen LogP contribution >= 0.6 is 0 Å². The number of benzene rings is 2. The van der Waals surface area contributed by atoms with Crippen molar-refractivity contribution in [3.8, 4) is 5.69 Å². The molecule has 0 unspecified atom stereocenters. The molecule has 0 aliphatic rings. The van der Waals surface area contributed by atoms with Crippen LogP contribution in [0, 0.1) is 13.8 Å². The van der Waals surface area contributed by atoms with Crippen LogP contribution in [0.3, 0.4) is 0 Å². The monoisotopic (exact) mass is 304 g/mol. The SMILES string of the molecule is Cc1c(CCc2ccccc2)nc(C)n(-c2ccccc2)c1=O. The van der Waals surface area contributed by atoms with E-state index < -0.39 is 0 Å². The van der Waals surface area contributed by atoms with Crippen molar-refractivity contribution in [2.75, 3.05) is 0 Å². The second-order valence-electron chi connectivity index (χ2n) is 5.69. The van der Waals surface area contributed by atoms with Crippen LogP contribution in [0.15, 0.2) is 65.5 Å². The summed E-state index contributed by atoms with van der Waals surface area (Å²) in [6, 6.07) is 20.0. The second kappa shape index (κ2) is 6.61. The van der Waals surface area contributed by atoms with Crippen molar-refractivity contribution in [1.82, 2.24) is 9.55 Å². The van der Waals surface area contributed by atoms with Gasteiger partial charge >= 0.3 is 0 Å². The predicted molar refractivity (Wildman–Crippen MR) is 93.2 cm³/mol. The lowest BCUT2D eigenvalue weighted by Gasteiger charge is -2.13. The Labute approximate surface area is 136 Å². The number of nitrogens with zero attached hydrogens (tertiary/aromatic N) is 2. The number of hydrogen-bond acceptors (Lipinski definition) is 2. The van der Waals surface area contributed by atoms with Crippen LogP contribution < -0.4 is 5.56 Å². The van der Waals surface area contributed by atoms with Crippen molar-refractivity contribution in [2.45, 2.75) is 26.7 Å². The minimum Gasteiger partial charge on any atom is -0.269 e. The Morgan fingerprint density at radius 3 is 2.13 bits per heavy atom. The molecule has 3 rings (SSSR count). The van der Waals surface area contributed by atoms with Crippen molar-refractivity contribution in [1.29, 1.82) is 0 Å². The highest BCUT2D eigenvalue weighted by Crippen LogP contribution is 2.11. The van der Waals surface area contributed by atoms with E-state index in [1.807, 2.05) is 62.4 Å². The molecule has 0 saturated carbocycles. The highest BCUT2D eigenvalue weighted by molar-refractivity contribution is 5.34. The Morgan fingerprint density at radius 1 is 0.870 bits per heavy atom. The number of hydrogen-bond donors (Lipinski definition) is 0. The molecular formula is C20H20N2O. The van der Waals surface area contributed by atoms with Gasteiger partial charge in [-0.05, 0) is 44.4 Å². The van der Waals surface area contributed by atoms with Gasteiger partial charge in [0.2, 0.25) is 0 Å². The molecule has 0 saturated heterocycles. The maximum Gasteiger partial charge on any atom is 0.261 e. The zero-order valence-corrected chi connectivity index (χ0v) is 13.5. The summed E-state index contributed by atoms with van der Waals surface area (Å²) in [6.45, 7) is 3.76. The van der Waals surface area contributed by atoms with Crippen molar-refractivity contribution in [3.63, 3.8) is 0 Å². The second-order valence-corrected chi connectivity index (χ2v) is 5.69. The molecule has 0 radical (unpaired) electrons. The zero-order chi connectivity index (χ0) is 16.2. The fourth-order valence-electron chi connectivity index (χ4n) is 2.80. The first-order chi connectivity index (χ1) is 11.2. The van der Waals surface area contributed by atoms with Crippen LogP contribution in [-0.4, -0.2) is 9.55 Å². The molecule has 3 nitrogen and oxygen atoms in total. The predicted octanol–water partition coefficient (Wildman–Crippen LogP) is 3.63. The minimum atomic E-state index is 0.0201. The molecule has 0 N–H and O–H groups in total. The third-order valence-electron chi connectivity index (χ3n) is 4.08. The molecule has 0 bridgehead atoms. The summed E-state index contributed by atoms with van der Waals surface area (Å²) in [7, 11) is 0. The first-order valence-electron chi connectivity index (χ1n) is 7.85. The highest BCUT2D eigenvalue weighted by Gasteiger charge is 2.12. The molecule has 3 heteroatoms. The van der Waals surface area contributed by atoms with Crippen LogP contribution in [-0.2, 0) is 12.8 Å². The lowest BCUT2D eigenvalue weighted by atomic mass is 10.1. The summed E-state index contributed by atoms with van der Waals surface area (Å²) in [5.74, 6) is 0.731. The third kappa shape index (κ3) is 3.24. The molecular weight excluding hydrogens is 284 g/mol. The van der Waals surface area contributed by atoms with E-state index >= 15 is 0 Å². The summed E-state index contributed by atoms with van der Waals surface area (Å²) in [4.78, 5) is 17.4. The van der Waals surface area contributed by atoms with Crippen LogP contribution in [0.4, 0.5) is 0 Å². The van der Waals surface area contributed by atoms with E-state index in [1.54, 1.807) is 4.57 Å². The Morgan fingerprint density at radius 2 is 1.48 bits per heavy atom. The summed E-state index contributed by atoms with van der Waals surface area (Å²) >= 11 is 0. The number of rotatable bonds is 4. The summed E-state index contributed by atoms with van der Waals surface area (Å²) in [6.07, 6.45) is 1.67. The maximum atomic E-state index is 12.7. The van der Waals surface area contributed by atoms with Gasteiger partial charge in [-0.25, -0.2) is 4.98 Å². The Balaban J connectivity index is 1.94. The third-order valence-corrected chi connectivity index (χ3v) is 4.08. The maximum absolute atomic E-state index is 12.7. The van der Waals surface area contributed by atoms with Crippen molar-refractivity contribution >= 4 is 0 Å². The average Bonchev–Trinajstić information content (AvgIpc) is 2.59. The fourth-order valence-corrected chi connectivity index (χ4v) is 2.80. The van der Waals surface area contributed by atoms with Gasteiger partial charge in [-0.3, -0.25) is 9.36 Å². The molecule has 0 spiro atoms. The first-order valence-corrected chi connectivity index (χ1v) is 7.85. The van der Waals surface area contributed by atoms with E-state index in [0.29, 0.717) is 0 Å². The summed E-state index contributed by atoms with van der Waals surface area (Å²) in [5, 5.41) is 0. The topological polar surface area (TPSA) is 34.9 Å². The van der Waals surface area contributed by atoms with E-state index in [4.69, 9.17) is 0 Å². The Bertz CT molecular complexity index is 852. The van der Waals surface area contributed by atoms with E-state index in [-0.39, 0.29) is 5.56 Å². The smallest absolute Gasteiger partial charge is 0.261 e. The van der Waals surface area contributed by atoms with E-state index in [0.717, 1.165) is 35.6 Å². The van der Waals surface area contributed by atoms with Crippen LogP contribution in [0.1, 0.15) is 22.6 Å². The molecule has 3 aromatic rings. The molecule has 0 aliphatic carbocycles. The molecule has 0 amide bonds. The molecule has 1 heterocycles. The molecule has 0 aliphatic heterocycles. The van der Waals surface area contributed by atoms with Gasteiger partial charge < -0.3 is 0 Å². The van der Waals surface area contributed by atoms with E-state index in [2.05, 4.69) is 17.1 Å². The zero-order valence-electron chi connectivity index (χ0n) is 13.5. The summed E-state index contributed by atoms with van der Waals surface area (Å²) in [5.41, 5.74) is 3.77. The fraction of sp³-hybridized carbons (Fsp3) is 0.200. The van der Waals surface area contributed by atoms with Gasteiger partial charge in [0.25, 0.3) is 5.56 Å². The van der Waals surface area contributed by atoms with Gasteiger partial charge in [-0.2, -0.15) is 0 Å². The van der Waals surface area contributed by atoms with E-state index in [9.17, 15) is 4.79 Å². The number of para-hydroxylation sites is 1. The molecule has 0 atom stereocenters. The molecule has 116 valence electrons. The van der Waals surface area contributed by atoms with E-state index in [1.165, 1.54) is 5.56 Å².